The molecule has 1 amide bonds. The molecular weight excluding hydrogens is 416 g/mol. The maximum atomic E-state index is 12.3. The third-order valence-corrected chi connectivity index (χ3v) is 5.79. The van der Waals surface area contributed by atoms with E-state index in [-0.39, 0.29) is 5.91 Å². The van der Waals surface area contributed by atoms with Crippen molar-refractivity contribution in [2.45, 2.75) is 26.2 Å². The summed E-state index contributed by atoms with van der Waals surface area (Å²) in [5.41, 5.74) is 3.01. The second-order valence-corrected chi connectivity index (χ2v) is 8.43. The molecule has 0 bridgehead atoms. The van der Waals surface area contributed by atoms with Crippen LogP contribution in [0.2, 0.25) is 5.02 Å². The van der Waals surface area contributed by atoms with Gasteiger partial charge in [-0.3, -0.25) is 4.79 Å². The number of rotatable bonds is 6. The largest absolute Gasteiger partial charge is 0.457 e. The van der Waals surface area contributed by atoms with Crippen LogP contribution in [0.4, 0.5) is 5.69 Å². The van der Waals surface area contributed by atoms with Crippen molar-refractivity contribution in [3.8, 4) is 11.3 Å². The first-order valence-corrected chi connectivity index (χ1v) is 11.0. The lowest BCUT2D eigenvalue weighted by atomic mass is 10.1. The summed E-state index contributed by atoms with van der Waals surface area (Å²) in [5.74, 6) is 1.12. The van der Waals surface area contributed by atoms with Gasteiger partial charge in [-0.05, 0) is 66.6 Å². The van der Waals surface area contributed by atoms with Crippen molar-refractivity contribution in [1.29, 1.82) is 0 Å². The number of carbonyl (C=O) groups excluding carboxylic acids is 1. The number of amidine groups is 1. The number of aliphatic imine (C=N–C) groups is 1. The van der Waals surface area contributed by atoms with Gasteiger partial charge in [-0.25, -0.2) is 4.99 Å². The van der Waals surface area contributed by atoms with Crippen LogP contribution in [-0.4, -0.2) is 11.1 Å². The summed E-state index contributed by atoms with van der Waals surface area (Å²) in [6.07, 6.45) is 5.16. The van der Waals surface area contributed by atoms with E-state index < -0.39 is 0 Å². The zero-order valence-corrected chi connectivity index (χ0v) is 18.1. The Balaban J connectivity index is 1.47. The minimum Gasteiger partial charge on any atom is -0.457 e. The summed E-state index contributed by atoms with van der Waals surface area (Å²) in [4.78, 5) is 17.4. The van der Waals surface area contributed by atoms with Crippen molar-refractivity contribution < 1.29 is 9.21 Å². The molecule has 1 aliphatic rings. The quantitative estimate of drug-likeness (QED) is 0.430. The lowest BCUT2D eigenvalue weighted by molar-refractivity contribution is -0.115. The highest BCUT2D eigenvalue weighted by Crippen LogP contribution is 2.30. The molecular formula is C24H21ClN2O2S. The van der Waals surface area contributed by atoms with E-state index in [9.17, 15) is 4.79 Å². The third kappa shape index (κ3) is 5.04. The second kappa shape index (κ2) is 9.37. The zero-order valence-electron chi connectivity index (χ0n) is 16.5. The topological polar surface area (TPSA) is 54.6 Å². The summed E-state index contributed by atoms with van der Waals surface area (Å²) >= 11 is 7.35. The highest BCUT2D eigenvalue weighted by Gasteiger charge is 2.24. The van der Waals surface area contributed by atoms with Crippen LogP contribution in [0.25, 0.3) is 17.4 Å². The van der Waals surface area contributed by atoms with Gasteiger partial charge >= 0.3 is 0 Å². The first-order chi connectivity index (χ1) is 14.6. The van der Waals surface area contributed by atoms with E-state index in [2.05, 4.69) is 29.4 Å². The summed E-state index contributed by atoms with van der Waals surface area (Å²) in [6, 6.07) is 19.3. The van der Waals surface area contributed by atoms with Crippen molar-refractivity contribution >= 4 is 46.2 Å². The minimum atomic E-state index is -0.181. The lowest BCUT2D eigenvalue weighted by Crippen LogP contribution is -2.19. The number of carbonyl (C=O) groups is 1. The van der Waals surface area contributed by atoms with Crippen LogP contribution in [0.15, 0.2) is 75.0 Å². The Bertz CT molecular complexity index is 1120. The van der Waals surface area contributed by atoms with Gasteiger partial charge in [0.25, 0.3) is 5.91 Å². The van der Waals surface area contributed by atoms with Gasteiger partial charge in [0.15, 0.2) is 5.17 Å². The molecule has 0 atom stereocenters. The van der Waals surface area contributed by atoms with Crippen molar-refractivity contribution in [3.05, 3.63) is 81.9 Å². The molecule has 0 saturated carbocycles. The zero-order chi connectivity index (χ0) is 20.9. The molecule has 1 N–H and O–H groups in total. The first kappa shape index (κ1) is 20.5. The molecule has 1 aliphatic heterocycles. The standard InChI is InChI=1S/C24H21ClN2O2S/c1-2-3-5-16-8-10-19(11-9-16)26-24-27-23(28)22(30-24)15-20-12-13-21(29-20)17-6-4-7-18(25)14-17/h4,6-15H,2-3,5H2,1H3,(H,26,27,28). The number of benzene rings is 2. The van der Waals surface area contributed by atoms with Gasteiger partial charge in [0.2, 0.25) is 0 Å². The molecule has 0 unspecified atom stereocenters. The number of nitrogens with one attached hydrogen (secondary N) is 1. The molecule has 0 aliphatic carbocycles. The van der Waals surface area contributed by atoms with Gasteiger partial charge in [0.1, 0.15) is 11.5 Å². The Labute approximate surface area is 185 Å². The van der Waals surface area contributed by atoms with Crippen molar-refractivity contribution in [2.75, 3.05) is 0 Å². The van der Waals surface area contributed by atoms with Crippen LogP contribution in [0.1, 0.15) is 31.1 Å². The average molecular weight is 437 g/mol. The van der Waals surface area contributed by atoms with Crippen molar-refractivity contribution in [1.82, 2.24) is 5.32 Å². The Morgan fingerprint density at radius 1 is 1.13 bits per heavy atom. The number of aryl methyl sites for hydroxylation is 1. The molecule has 0 radical (unpaired) electrons. The van der Waals surface area contributed by atoms with Gasteiger partial charge in [-0.15, -0.1) is 0 Å². The number of thioether (sulfide) groups is 1. The van der Waals surface area contributed by atoms with Crippen LogP contribution in [0.3, 0.4) is 0 Å². The molecule has 30 heavy (non-hydrogen) atoms. The average Bonchev–Trinajstić information content (AvgIpc) is 3.34. The van der Waals surface area contributed by atoms with Gasteiger partial charge in [-0.2, -0.15) is 0 Å². The Hall–Kier alpha value is -2.76. The first-order valence-electron chi connectivity index (χ1n) is 9.85. The Morgan fingerprint density at radius 3 is 2.73 bits per heavy atom. The van der Waals surface area contributed by atoms with Gasteiger partial charge < -0.3 is 9.73 Å². The van der Waals surface area contributed by atoms with Gasteiger partial charge in [0, 0.05) is 16.7 Å². The van der Waals surface area contributed by atoms with E-state index in [1.165, 1.54) is 30.2 Å². The fourth-order valence-corrected chi connectivity index (χ4v) is 4.08. The van der Waals surface area contributed by atoms with Gasteiger partial charge in [-0.1, -0.05) is 49.2 Å². The van der Waals surface area contributed by atoms with Gasteiger partial charge in [0.05, 0.1) is 10.6 Å². The molecule has 152 valence electrons. The van der Waals surface area contributed by atoms with Crippen LogP contribution >= 0.6 is 23.4 Å². The van der Waals surface area contributed by atoms with E-state index in [0.717, 1.165) is 17.7 Å². The number of furan rings is 1. The number of hydrogen-bond acceptors (Lipinski definition) is 4. The number of nitrogens with zero attached hydrogens (tertiary/aromatic N) is 1. The Kier molecular flexibility index (Phi) is 6.41. The normalized spacial score (nSPS) is 16.4. The van der Waals surface area contributed by atoms with E-state index in [4.69, 9.17) is 16.0 Å². The molecule has 0 spiro atoms. The van der Waals surface area contributed by atoms with Crippen LogP contribution < -0.4 is 5.32 Å². The minimum absolute atomic E-state index is 0.181. The summed E-state index contributed by atoms with van der Waals surface area (Å²) in [5, 5.41) is 4.03. The molecule has 2 heterocycles. The lowest BCUT2D eigenvalue weighted by Gasteiger charge is -2.01. The molecule has 4 nitrogen and oxygen atoms in total. The second-order valence-electron chi connectivity index (χ2n) is 6.96. The van der Waals surface area contributed by atoms with E-state index in [1.807, 2.05) is 48.5 Å². The van der Waals surface area contributed by atoms with Crippen LogP contribution in [0, 0.1) is 0 Å². The smallest absolute Gasteiger partial charge is 0.264 e. The fourth-order valence-electron chi connectivity index (χ4n) is 3.07. The molecule has 2 aromatic carbocycles. The fraction of sp³-hybridized carbons (Fsp3) is 0.167. The van der Waals surface area contributed by atoms with Crippen molar-refractivity contribution in [3.63, 3.8) is 0 Å². The van der Waals surface area contributed by atoms with E-state index in [0.29, 0.717) is 26.6 Å². The van der Waals surface area contributed by atoms with Crippen molar-refractivity contribution in [2.24, 2.45) is 4.99 Å². The van der Waals surface area contributed by atoms with Crippen LogP contribution in [-0.2, 0) is 11.2 Å². The maximum absolute atomic E-state index is 12.3. The van der Waals surface area contributed by atoms with Crippen LogP contribution in [0.5, 0.6) is 0 Å². The highest BCUT2D eigenvalue weighted by atomic mass is 35.5. The molecule has 6 heteroatoms. The third-order valence-electron chi connectivity index (χ3n) is 4.65. The molecule has 3 aromatic rings. The predicted octanol–water partition coefficient (Wildman–Crippen LogP) is 6.83. The number of hydrogen-bond donors (Lipinski definition) is 1. The summed E-state index contributed by atoms with van der Waals surface area (Å²) in [7, 11) is 0. The molecule has 1 fully saturated rings. The summed E-state index contributed by atoms with van der Waals surface area (Å²) in [6.45, 7) is 2.19. The van der Waals surface area contributed by atoms with E-state index in [1.54, 1.807) is 6.08 Å². The molecule has 1 aromatic heterocycles. The maximum Gasteiger partial charge on any atom is 0.264 e. The monoisotopic (exact) mass is 436 g/mol. The molecule has 1 saturated heterocycles. The number of unbranched alkanes of at least 4 members (excludes halogenated alkanes) is 1. The summed E-state index contributed by atoms with van der Waals surface area (Å²) < 4.78 is 5.87. The number of halogens is 1. The SMILES string of the molecule is CCCCc1ccc(N=C2NC(=O)C(=Cc3ccc(-c4cccc(Cl)c4)o3)S2)cc1. The van der Waals surface area contributed by atoms with E-state index >= 15 is 0 Å². The predicted molar refractivity (Wildman–Crippen MR) is 125 cm³/mol. The Morgan fingerprint density at radius 2 is 1.97 bits per heavy atom. The highest BCUT2D eigenvalue weighted by molar-refractivity contribution is 8.18. The number of amides is 1. The molecule has 4 rings (SSSR count).